The van der Waals surface area contributed by atoms with Crippen molar-refractivity contribution >= 4 is 40.5 Å². The number of carbonyl (C=O) groups is 2. The number of aliphatic imine (C=N–C) groups is 1. The van der Waals surface area contributed by atoms with Gasteiger partial charge in [-0.1, -0.05) is 41.6 Å². The van der Waals surface area contributed by atoms with E-state index in [4.69, 9.17) is 11.6 Å². The summed E-state index contributed by atoms with van der Waals surface area (Å²) in [6, 6.07) is -0.897. The lowest BCUT2D eigenvalue weighted by Crippen LogP contribution is -2.63. The molecule has 0 spiro atoms. The van der Waals surface area contributed by atoms with Crippen molar-refractivity contribution in [3.05, 3.63) is 23.3 Å². The molecule has 1 fully saturated rings. The van der Waals surface area contributed by atoms with Crippen LogP contribution >= 0.6 is 23.4 Å². The predicted molar refractivity (Wildman–Crippen MR) is 89.9 cm³/mol. The van der Waals surface area contributed by atoms with E-state index >= 15 is 0 Å². The Balaban J connectivity index is 2.22. The largest absolute Gasteiger partial charge is 0.332 e. The number of fused-ring (bicyclic) bond motifs is 1. The summed E-state index contributed by atoms with van der Waals surface area (Å²) in [5.74, 6) is 0.361. The second-order valence-electron chi connectivity index (χ2n) is 5.00. The zero-order valence-corrected chi connectivity index (χ0v) is 14.3. The van der Waals surface area contributed by atoms with Crippen LogP contribution in [0.4, 0.5) is 4.79 Å². The van der Waals surface area contributed by atoms with Crippen LogP contribution in [0.15, 0.2) is 28.3 Å². The summed E-state index contributed by atoms with van der Waals surface area (Å²) in [4.78, 5) is 31.9. The van der Waals surface area contributed by atoms with Gasteiger partial charge < -0.3 is 9.80 Å². The van der Waals surface area contributed by atoms with Gasteiger partial charge in [-0.3, -0.25) is 10.1 Å². The molecule has 120 valence electrons. The van der Waals surface area contributed by atoms with E-state index in [1.54, 1.807) is 7.05 Å². The molecule has 0 aromatic rings. The van der Waals surface area contributed by atoms with Crippen molar-refractivity contribution in [1.82, 2.24) is 15.1 Å². The van der Waals surface area contributed by atoms with Gasteiger partial charge in [-0.2, -0.15) is 0 Å². The van der Waals surface area contributed by atoms with Crippen LogP contribution in [0, 0.1) is 0 Å². The smallest absolute Gasteiger partial charge is 0.325 e. The summed E-state index contributed by atoms with van der Waals surface area (Å²) >= 11 is 7.34. The lowest BCUT2D eigenvalue weighted by molar-refractivity contribution is -0.126. The molecule has 2 heterocycles. The molecular weight excluding hydrogens is 324 g/mol. The first kappa shape index (κ1) is 16.9. The van der Waals surface area contributed by atoms with E-state index in [0.29, 0.717) is 17.3 Å². The Labute approximate surface area is 139 Å². The topological polar surface area (TPSA) is 65.0 Å². The molecule has 2 aliphatic heterocycles. The average molecular weight is 343 g/mol. The van der Waals surface area contributed by atoms with Gasteiger partial charge in [0, 0.05) is 24.4 Å². The van der Waals surface area contributed by atoms with E-state index < -0.39 is 18.2 Å². The van der Waals surface area contributed by atoms with Crippen LogP contribution < -0.4 is 5.32 Å². The van der Waals surface area contributed by atoms with E-state index in [-0.39, 0.29) is 5.91 Å². The predicted octanol–water partition coefficient (Wildman–Crippen LogP) is 1.99. The number of urea groups is 1. The van der Waals surface area contributed by atoms with E-state index in [0.717, 1.165) is 5.17 Å². The van der Waals surface area contributed by atoms with Crippen LogP contribution in [0.5, 0.6) is 0 Å². The standard InChI is InChI=1S/C14H19ClN4O2S/c1-4-5-7-19-10-11(18(3)13(21)17-12(10)20)16-14(19)22-8-6-9(2)15/h4-6,10-11H,7-8H2,1-3H3,(H,17,20,21)/b5-4+,9-6-. The maximum atomic E-state index is 12.2. The van der Waals surface area contributed by atoms with E-state index in [1.807, 2.05) is 37.0 Å². The minimum absolute atomic E-state index is 0.305. The second kappa shape index (κ2) is 7.19. The third kappa shape index (κ3) is 3.47. The second-order valence-corrected chi connectivity index (χ2v) is 6.58. The molecule has 0 saturated carbocycles. The number of halogens is 1. The first-order chi connectivity index (χ1) is 10.5. The van der Waals surface area contributed by atoms with Crippen molar-refractivity contribution < 1.29 is 9.59 Å². The lowest BCUT2D eigenvalue weighted by atomic mass is 10.1. The Bertz CT molecular complexity index is 557. The highest BCUT2D eigenvalue weighted by atomic mass is 35.5. The molecule has 1 N–H and O–H groups in total. The van der Waals surface area contributed by atoms with Gasteiger partial charge in [0.1, 0.15) is 0 Å². The number of hydrogen-bond acceptors (Lipinski definition) is 5. The molecule has 0 aromatic carbocycles. The van der Waals surface area contributed by atoms with E-state index in [9.17, 15) is 9.59 Å². The van der Waals surface area contributed by atoms with Crippen LogP contribution in [0.3, 0.4) is 0 Å². The minimum Gasteiger partial charge on any atom is -0.332 e. The fourth-order valence-corrected chi connectivity index (χ4v) is 3.45. The van der Waals surface area contributed by atoms with Crippen molar-refractivity contribution in [2.75, 3.05) is 19.3 Å². The Hall–Kier alpha value is -1.47. The number of rotatable bonds is 4. The van der Waals surface area contributed by atoms with Gasteiger partial charge in [-0.15, -0.1) is 0 Å². The Morgan fingerprint density at radius 1 is 1.50 bits per heavy atom. The highest BCUT2D eigenvalue weighted by Crippen LogP contribution is 2.28. The molecule has 2 aliphatic rings. The molecule has 0 aromatic heterocycles. The van der Waals surface area contributed by atoms with Gasteiger partial charge >= 0.3 is 6.03 Å². The van der Waals surface area contributed by atoms with Crippen molar-refractivity contribution in [2.45, 2.75) is 26.1 Å². The Morgan fingerprint density at radius 3 is 2.86 bits per heavy atom. The van der Waals surface area contributed by atoms with Gasteiger partial charge in [0.15, 0.2) is 17.4 Å². The number of carbonyl (C=O) groups excluding carboxylic acids is 2. The number of hydrogen-bond donors (Lipinski definition) is 1. The van der Waals surface area contributed by atoms with Crippen LogP contribution in [0.25, 0.3) is 0 Å². The number of amides is 3. The summed E-state index contributed by atoms with van der Waals surface area (Å²) in [6.45, 7) is 4.31. The summed E-state index contributed by atoms with van der Waals surface area (Å²) in [5.41, 5.74) is 0. The first-order valence-electron chi connectivity index (χ1n) is 6.94. The zero-order chi connectivity index (χ0) is 16.3. The maximum absolute atomic E-state index is 12.2. The number of nitrogens with one attached hydrogen (secondary N) is 1. The number of thioether (sulfide) groups is 1. The summed E-state index contributed by atoms with van der Waals surface area (Å²) < 4.78 is 0. The quantitative estimate of drug-likeness (QED) is 0.793. The highest BCUT2D eigenvalue weighted by molar-refractivity contribution is 8.13. The van der Waals surface area contributed by atoms with E-state index in [1.165, 1.54) is 16.7 Å². The number of amidine groups is 1. The zero-order valence-electron chi connectivity index (χ0n) is 12.7. The molecule has 0 radical (unpaired) electrons. The van der Waals surface area contributed by atoms with E-state index in [2.05, 4.69) is 10.3 Å². The minimum atomic E-state index is -0.484. The normalized spacial score (nSPS) is 25.6. The van der Waals surface area contributed by atoms with Crippen molar-refractivity contribution in [1.29, 1.82) is 0 Å². The third-order valence-corrected chi connectivity index (χ3v) is 4.52. The molecule has 2 unspecified atom stereocenters. The van der Waals surface area contributed by atoms with Gasteiger partial charge in [0.2, 0.25) is 0 Å². The third-order valence-electron chi connectivity index (χ3n) is 3.44. The lowest BCUT2D eigenvalue weighted by Gasteiger charge is -2.35. The van der Waals surface area contributed by atoms with Crippen LogP contribution in [-0.4, -0.2) is 58.5 Å². The molecule has 3 amide bonds. The highest BCUT2D eigenvalue weighted by Gasteiger charge is 2.48. The monoisotopic (exact) mass is 342 g/mol. The molecule has 2 rings (SSSR count). The molecule has 0 aliphatic carbocycles. The molecule has 8 heteroatoms. The number of likely N-dealkylation sites (N-methyl/N-ethyl adjacent to an activating group) is 1. The first-order valence-corrected chi connectivity index (χ1v) is 8.30. The van der Waals surface area contributed by atoms with Crippen LogP contribution in [0.1, 0.15) is 13.8 Å². The van der Waals surface area contributed by atoms with Gasteiger partial charge in [0.05, 0.1) is 0 Å². The number of allylic oxidation sites excluding steroid dienone is 2. The van der Waals surface area contributed by atoms with Crippen molar-refractivity contribution in [3.63, 3.8) is 0 Å². The molecule has 2 atom stereocenters. The van der Waals surface area contributed by atoms with Crippen molar-refractivity contribution in [2.24, 2.45) is 4.99 Å². The number of imide groups is 1. The Kier molecular flexibility index (Phi) is 5.52. The molecule has 6 nitrogen and oxygen atoms in total. The van der Waals surface area contributed by atoms with Gasteiger partial charge in [-0.25, -0.2) is 9.79 Å². The summed E-state index contributed by atoms with van der Waals surface area (Å²) in [6.07, 6.45) is 5.30. The maximum Gasteiger partial charge on any atom is 0.325 e. The van der Waals surface area contributed by atoms with Crippen LogP contribution in [0.2, 0.25) is 0 Å². The SMILES string of the molecule is C/C=C/CN1C(SC/C=C(/C)Cl)=NC2C1C(=O)NC(=O)N2C. The molecular formula is C14H19ClN4O2S. The van der Waals surface area contributed by atoms with Gasteiger partial charge in [-0.05, 0) is 13.8 Å². The Morgan fingerprint density at radius 2 is 2.23 bits per heavy atom. The molecule has 1 saturated heterocycles. The molecule has 22 heavy (non-hydrogen) atoms. The average Bonchev–Trinajstić information content (AvgIpc) is 2.81. The fraction of sp³-hybridized carbons (Fsp3) is 0.500. The summed E-state index contributed by atoms with van der Waals surface area (Å²) in [5, 5.41) is 3.83. The van der Waals surface area contributed by atoms with Crippen molar-refractivity contribution in [3.8, 4) is 0 Å². The molecule has 0 bridgehead atoms. The number of nitrogens with zero attached hydrogens (tertiary/aromatic N) is 3. The van der Waals surface area contributed by atoms with Gasteiger partial charge in [0.25, 0.3) is 5.91 Å². The van der Waals surface area contributed by atoms with Crippen LogP contribution in [-0.2, 0) is 4.79 Å². The summed E-state index contributed by atoms with van der Waals surface area (Å²) in [7, 11) is 1.65. The fourth-order valence-electron chi connectivity index (χ4n) is 2.26.